The summed E-state index contributed by atoms with van der Waals surface area (Å²) in [4.78, 5) is 22.8. The number of amides is 1. The van der Waals surface area contributed by atoms with Crippen LogP contribution in [0.5, 0.6) is 5.75 Å². The van der Waals surface area contributed by atoms with E-state index in [1.165, 1.54) is 22.9 Å². The topological polar surface area (TPSA) is 99.3 Å². The van der Waals surface area contributed by atoms with Crippen molar-refractivity contribution in [1.29, 1.82) is 0 Å². The van der Waals surface area contributed by atoms with Gasteiger partial charge < -0.3 is 10.1 Å². The van der Waals surface area contributed by atoms with Crippen LogP contribution < -0.4 is 10.1 Å². The van der Waals surface area contributed by atoms with Crippen molar-refractivity contribution in [3.63, 3.8) is 0 Å². The predicted molar refractivity (Wildman–Crippen MR) is 111 cm³/mol. The number of hydrogen-bond acceptors (Lipinski definition) is 5. The monoisotopic (exact) mass is 528 g/mol. The summed E-state index contributed by atoms with van der Waals surface area (Å²) in [5.74, 6) is 0.101. The number of carbonyl (C=O) groups is 1. The van der Waals surface area contributed by atoms with Crippen LogP contribution in [0.2, 0.25) is 5.02 Å². The molecule has 0 unspecified atom stereocenters. The van der Waals surface area contributed by atoms with E-state index in [9.17, 15) is 14.9 Å². The second-order valence-electron chi connectivity index (χ2n) is 5.47. The number of carbonyl (C=O) groups excluding carboxylic acids is 1. The number of ether oxygens (including phenoxy) is 1. The van der Waals surface area contributed by atoms with Gasteiger partial charge in [0.25, 0.3) is 11.6 Å². The summed E-state index contributed by atoms with van der Waals surface area (Å²) in [6.45, 7) is 0.0958. The first kappa shape index (κ1) is 20.3. The number of nitrogens with one attached hydrogen (secondary N) is 1. The fourth-order valence-corrected chi connectivity index (χ4v) is 3.76. The number of anilines is 1. The van der Waals surface area contributed by atoms with Crippen LogP contribution in [0.3, 0.4) is 0 Å². The number of rotatable bonds is 6. The number of nitro benzene ring substituents is 1. The van der Waals surface area contributed by atoms with E-state index in [-0.39, 0.29) is 18.1 Å². The van der Waals surface area contributed by atoms with E-state index in [2.05, 4.69) is 42.3 Å². The van der Waals surface area contributed by atoms with Crippen LogP contribution >= 0.6 is 43.5 Å². The van der Waals surface area contributed by atoms with Crippen molar-refractivity contribution >= 4 is 60.7 Å². The van der Waals surface area contributed by atoms with E-state index >= 15 is 0 Å². The fourth-order valence-electron chi connectivity index (χ4n) is 2.21. The van der Waals surface area contributed by atoms with Crippen molar-refractivity contribution in [2.75, 3.05) is 5.32 Å². The summed E-state index contributed by atoms with van der Waals surface area (Å²) < 4.78 is 7.75. The smallest absolute Gasteiger partial charge is 0.276 e. The predicted octanol–water partition coefficient (Wildman–Crippen LogP) is 5.26. The Morgan fingerprint density at radius 1 is 1.25 bits per heavy atom. The Labute approximate surface area is 180 Å². The summed E-state index contributed by atoms with van der Waals surface area (Å²) in [7, 11) is 0. The van der Waals surface area contributed by atoms with Gasteiger partial charge in [-0.25, -0.2) is 4.68 Å². The maximum atomic E-state index is 12.4. The minimum Gasteiger partial charge on any atom is -0.471 e. The van der Waals surface area contributed by atoms with E-state index in [0.717, 1.165) is 0 Å². The van der Waals surface area contributed by atoms with Crippen molar-refractivity contribution in [2.45, 2.75) is 6.73 Å². The molecule has 0 aliphatic carbocycles. The van der Waals surface area contributed by atoms with Crippen molar-refractivity contribution in [3.8, 4) is 5.75 Å². The third-order valence-corrected chi connectivity index (χ3v) is 5.00. The maximum Gasteiger partial charge on any atom is 0.276 e. The molecule has 0 saturated carbocycles. The van der Waals surface area contributed by atoms with Gasteiger partial charge in [0.05, 0.1) is 10.6 Å². The Balaban J connectivity index is 1.68. The van der Waals surface area contributed by atoms with E-state index in [0.29, 0.717) is 25.4 Å². The number of hydrogen-bond donors (Lipinski definition) is 1. The lowest BCUT2D eigenvalue weighted by Crippen LogP contribution is -2.15. The molecule has 3 aromatic rings. The first-order valence-corrected chi connectivity index (χ1v) is 9.66. The molecule has 2 aromatic carbocycles. The normalized spacial score (nSPS) is 10.5. The van der Waals surface area contributed by atoms with Crippen molar-refractivity contribution in [3.05, 3.63) is 78.4 Å². The molecule has 0 saturated heterocycles. The van der Waals surface area contributed by atoms with E-state index in [1.807, 2.05) is 0 Å². The van der Waals surface area contributed by atoms with Gasteiger partial charge >= 0.3 is 0 Å². The van der Waals surface area contributed by atoms with Crippen LogP contribution in [0.25, 0.3) is 0 Å². The SMILES string of the molecule is O=C(Nc1c(Br)cc([N+](=O)[O-])cc1Br)c1ccn(COc2cccc(Cl)c2)n1. The van der Waals surface area contributed by atoms with Crippen molar-refractivity contribution in [1.82, 2.24) is 9.78 Å². The highest BCUT2D eigenvalue weighted by Crippen LogP contribution is 2.35. The lowest BCUT2D eigenvalue weighted by molar-refractivity contribution is -0.385. The van der Waals surface area contributed by atoms with Gasteiger partial charge in [0.2, 0.25) is 0 Å². The van der Waals surface area contributed by atoms with Crippen LogP contribution in [-0.2, 0) is 6.73 Å². The number of nitro groups is 1. The molecule has 28 heavy (non-hydrogen) atoms. The molecule has 0 radical (unpaired) electrons. The molecule has 1 amide bonds. The highest BCUT2D eigenvalue weighted by molar-refractivity contribution is 9.11. The summed E-state index contributed by atoms with van der Waals surface area (Å²) in [6, 6.07) is 11.1. The van der Waals surface area contributed by atoms with Gasteiger partial charge in [-0.3, -0.25) is 14.9 Å². The van der Waals surface area contributed by atoms with Gasteiger partial charge in [0.1, 0.15) is 5.75 Å². The number of nitrogens with zero attached hydrogens (tertiary/aromatic N) is 3. The number of aromatic nitrogens is 2. The average molecular weight is 531 g/mol. The van der Waals surface area contributed by atoms with Gasteiger partial charge in [-0.1, -0.05) is 17.7 Å². The maximum absolute atomic E-state index is 12.4. The zero-order chi connectivity index (χ0) is 20.3. The fraction of sp³-hybridized carbons (Fsp3) is 0.0588. The van der Waals surface area contributed by atoms with Gasteiger partial charge in [-0.15, -0.1) is 0 Å². The Morgan fingerprint density at radius 2 is 1.96 bits per heavy atom. The molecule has 0 aliphatic rings. The molecule has 1 aromatic heterocycles. The Hall–Kier alpha value is -2.43. The summed E-state index contributed by atoms with van der Waals surface area (Å²) in [5, 5.41) is 18.3. The van der Waals surface area contributed by atoms with Crippen LogP contribution in [-0.4, -0.2) is 20.6 Å². The van der Waals surface area contributed by atoms with Gasteiger partial charge in [0.15, 0.2) is 12.4 Å². The van der Waals surface area contributed by atoms with Gasteiger partial charge in [-0.05, 0) is 56.1 Å². The second-order valence-corrected chi connectivity index (χ2v) is 7.61. The summed E-state index contributed by atoms with van der Waals surface area (Å²) in [6.07, 6.45) is 1.60. The quantitative estimate of drug-likeness (QED) is 0.346. The molecule has 11 heteroatoms. The molecule has 8 nitrogen and oxygen atoms in total. The molecule has 144 valence electrons. The summed E-state index contributed by atoms with van der Waals surface area (Å²) >= 11 is 12.3. The highest BCUT2D eigenvalue weighted by Gasteiger charge is 2.18. The Bertz CT molecular complexity index is 1030. The molecule has 3 rings (SSSR count). The van der Waals surface area contributed by atoms with E-state index in [4.69, 9.17) is 16.3 Å². The molecule has 0 atom stereocenters. The molecular weight excluding hydrogens is 519 g/mol. The third-order valence-electron chi connectivity index (χ3n) is 3.51. The standard InChI is InChI=1S/C17H11Br2ClN4O4/c18-13-7-11(24(26)27)8-14(19)16(13)21-17(25)15-4-5-23(22-15)9-28-12-3-1-2-10(20)6-12/h1-8H,9H2,(H,21,25). The molecule has 0 spiro atoms. The minimum atomic E-state index is -0.525. The van der Waals surface area contributed by atoms with Crippen LogP contribution in [0.1, 0.15) is 10.5 Å². The zero-order valence-corrected chi connectivity index (χ0v) is 17.9. The molecule has 1 N–H and O–H groups in total. The largest absolute Gasteiger partial charge is 0.471 e. The number of non-ortho nitro benzene ring substituents is 1. The lowest BCUT2D eigenvalue weighted by Gasteiger charge is -2.09. The number of benzene rings is 2. The van der Waals surface area contributed by atoms with Crippen molar-refractivity contribution < 1.29 is 14.5 Å². The first-order chi connectivity index (χ1) is 13.3. The Morgan fingerprint density at radius 3 is 2.61 bits per heavy atom. The molecule has 1 heterocycles. The molecule has 0 aliphatic heterocycles. The van der Waals surface area contributed by atoms with E-state index < -0.39 is 10.8 Å². The van der Waals surface area contributed by atoms with E-state index in [1.54, 1.807) is 30.5 Å². The zero-order valence-electron chi connectivity index (χ0n) is 13.9. The van der Waals surface area contributed by atoms with Crippen LogP contribution in [0, 0.1) is 10.1 Å². The first-order valence-electron chi connectivity index (χ1n) is 7.70. The molecule has 0 bridgehead atoms. The van der Waals surface area contributed by atoms with Crippen LogP contribution in [0.4, 0.5) is 11.4 Å². The molecular formula is C17H11Br2ClN4O4. The second kappa shape index (κ2) is 8.72. The lowest BCUT2D eigenvalue weighted by atomic mass is 10.2. The number of halogens is 3. The summed E-state index contributed by atoms with van der Waals surface area (Å²) in [5.41, 5.74) is 0.409. The third kappa shape index (κ3) is 4.89. The van der Waals surface area contributed by atoms with Gasteiger partial charge in [-0.2, -0.15) is 5.10 Å². The average Bonchev–Trinajstić information content (AvgIpc) is 3.12. The minimum absolute atomic E-state index is 0.0958. The van der Waals surface area contributed by atoms with Gasteiger partial charge in [0, 0.05) is 32.3 Å². The Kier molecular flexibility index (Phi) is 6.32. The molecule has 0 fully saturated rings. The van der Waals surface area contributed by atoms with Crippen LogP contribution in [0.15, 0.2) is 57.6 Å². The highest BCUT2D eigenvalue weighted by atomic mass is 79.9. The van der Waals surface area contributed by atoms with Crippen molar-refractivity contribution in [2.24, 2.45) is 0 Å².